The van der Waals surface area contributed by atoms with Gasteiger partial charge in [-0.1, -0.05) is 200 Å². The largest absolute Gasteiger partial charge is 0.748 e. The van der Waals surface area contributed by atoms with Crippen molar-refractivity contribution >= 4 is 139 Å². The maximum Gasteiger partial charge on any atom is 0.324 e. The molecule has 2 saturated heterocycles. The number of carbonyl (C=O) groups excluding carboxylic acids is 8. The van der Waals surface area contributed by atoms with Crippen LogP contribution < -0.4 is 0 Å². The normalized spacial score (nSPS) is 22.4. The van der Waals surface area contributed by atoms with E-state index in [0.29, 0.717) is 29.8 Å². The fourth-order valence-corrected chi connectivity index (χ4v) is 20.4. The number of fused-ring (bicyclic) bond motifs is 5. The van der Waals surface area contributed by atoms with Crippen LogP contribution >= 0.6 is 0 Å². The maximum atomic E-state index is 11.3. The van der Waals surface area contributed by atoms with Gasteiger partial charge in [-0.05, 0) is 183 Å². The van der Waals surface area contributed by atoms with Crippen LogP contribution in [-0.4, -0.2) is 244 Å². The monoisotopic (exact) mass is 2100 g/mol. The minimum absolute atomic E-state index is 0.0590. The average Bonchev–Trinajstić information content (AvgIpc) is 1.56. The molecule has 2 aliphatic heterocycles. The molecule has 3 aromatic rings. The standard InChI is InChI=1S/C10H16.C10H8.C8H10O2.C7H10O3S.C7H12.C6H6.6C4H8O5S.C4H6O5S.6C2H6/c1-7-2-9-4-8(1)5-10(3-7)6-9;1-2-6-10-8-4-3-7-9(10)5-1;9-8-6-2-4-1-5(6)7(3-4)10-8;8-11(9)7-3-4-1-5(7)6(2-4)10-11;1-2-7-4-3-6(1)5-7;1-2-4-6-5-3-1;7*1-2-9-4(5)3-10(6,7)8;6*1-2/h7-10H,1-6H2;1-8H;4-7H,1-3H2;4-7H,1-3H2;6-7H,1-5H2;1-6H;6*2-3H2,1H3,(H,6,7,8);2H,1,3H2,(H,6,7,8);6*1-2H3/p-7. The predicted octanol–water partition coefficient (Wildman–Crippen LogP) is 11.0. The van der Waals surface area contributed by atoms with E-state index >= 15 is 0 Å². The minimum atomic E-state index is -4.52. The SMILES string of the molecule is C1C2CC3CC1CC(C2)C3.C1CC2CCC1C2.C=COC(=O)CS(=O)(=O)[O-].CC.CC.CC.CC.CC.CC.CCOC(=O)CS(=O)(=O)[O-].CCOC(=O)CS(=O)(=O)[O-].CCOC(=O)CS(=O)(=O)[O-].CCOC(=O)CS(=O)(=O)[O-].CCOC(=O)CS(=O)(=O)[O-].CCOC(=O)CS(=O)(=O)[O-].O=C1OC2CC3CC1C2C3.O=S1(=O)OC2CC3CC2C1C3.c1ccc2ccccc2c1.c1ccccc1. The summed E-state index contributed by atoms with van der Waals surface area (Å²) in [7, 11) is -34.5. The number of hydrogen-bond acceptors (Lipinski definition) is 40. The number of ether oxygens (including phenoxy) is 8. The summed E-state index contributed by atoms with van der Waals surface area (Å²) in [5.74, 6) is -4.88. The van der Waals surface area contributed by atoms with Crippen molar-refractivity contribution in [2.45, 2.75) is 251 Å². The van der Waals surface area contributed by atoms with Crippen molar-refractivity contribution in [3.63, 3.8) is 0 Å². The molecule has 40 nitrogen and oxygen atoms in total. The molecule has 15 rings (SSSR count). The van der Waals surface area contributed by atoms with Crippen molar-refractivity contribution in [3.05, 3.63) is 97.8 Å². The molecule has 12 fully saturated rings. The minimum Gasteiger partial charge on any atom is -0.748 e. The van der Waals surface area contributed by atoms with Crippen molar-refractivity contribution in [2.75, 3.05) is 79.9 Å². The van der Waals surface area contributed by atoms with E-state index < -0.39 is 163 Å². The fraction of sp³-hybridized carbons (Fsp3) is 0.705. The molecule has 0 aromatic heterocycles. The second kappa shape index (κ2) is 73.8. The smallest absolute Gasteiger partial charge is 0.324 e. The van der Waals surface area contributed by atoms with E-state index in [0.717, 1.165) is 44.3 Å². The Hall–Kier alpha value is -7.30. The van der Waals surface area contributed by atoms with Crippen LogP contribution in [0.5, 0.6) is 0 Å². The topological polar surface area (TPSA) is 654 Å². The first kappa shape index (κ1) is 137. The Morgan fingerprint density at radius 3 is 0.728 bits per heavy atom. The lowest BCUT2D eigenvalue weighted by Gasteiger charge is -2.49. The van der Waals surface area contributed by atoms with Gasteiger partial charge in [0.15, 0.2) is 0 Å². The number of esters is 8. The molecular weight excluding hydrogens is 1950 g/mol. The molecule has 0 amide bonds. The highest BCUT2D eigenvalue weighted by molar-refractivity contribution is 7.88. The zero-order chi connectivity index (χ0) is 106. The van der Waals surface area contributed by atoms with Gasteiger partial charge in [0.05, 0.1) is 63.2 Å². The molecule has 12 aliphatic rings. The van der Waals surface area contributed by atoms with Crippen LogP contribution in [0.2, 0.25) is 0 Å². The van der Waals surface area contributed by atoms with E-state index in [9.17, 15) is 138 Å². The Morgan fingerprint density at radius 2 is 0.544 bits per heavy atom. The van der Waals surface area contributed by atoms with Gasteiger partial charge in [0.2, 0.25) is 0 Å². The van der Waals surface area contributed by atoms with Crippen molar-refractivity contribution in [2.24, 2.45) is 65.1 Å². The zero-order valence-electron chi connectivity index (χ0n) is 81.3. The summed E-state index contributed by atoms with van der Waals surface area (Å²) < 4.78 is 269. The van der Waals surface area contributed by atoms with Gasteiger partial charge in [-0.15, -0.1) is 0 Å². The van der Waals surface area contributed by atoms with Gasteiger partial charge in [-0.2, -0.15) is 8.42 Å². The molecule has 3 aromatic carbocycles. The van der Waals surface area contributed by atoms with Crippen LogP contribution in [0, 0.1) is 65.1 Å². The van der Waals surface area contributed by atoms with Crippen molar-refractivity contribution in [3.8, 4) is 0 Å². The van der Waals surface area contributed by atoms with Crippen molar-refractivity contribution in [1.29, 1.82) is 0 Å². The van der Waals surface area contributed by atoms with E-state index in [1.807, 2.05) is 119 Å². The van der Waals surface area contributed by atoms with Gasteiger partial charge < -0.3 is 69.8 Å². The zero-order valence-corrected chi connectivity index (χ0v) is 87.8. The molecule has 792 valence electrons. The number of carbonyl (C=O) groups is 8. The summed E-state index contributed by atoms with van der Waals surface area (Å²) in [6, 6.07) is 28.7. The van der Waals surface area contributed by atoms with Crippen LogP contribution in [0.25, 0.3) is 10.8 Å². The Bertz CT molecular complexity index is 4320. The number of rotatable bonds is 21. The second-order valence-electron chi connectivity index (χ2n) is 29.6. The molecule has 8 unspecified atom stereocenters. The molecule has 0 spiro atoms. The molecule has 0 N–H and O–H groups in total. The lowest BCUT2D eigenvalue weighted by atomic mass is 9.56. The van der Waals surface area contributed by atoms with Crippen LogP contribution in [0.1, 0.15) is 234 Å². The molecule has 10 aliphatic carbocycles. The summed E-state index contributed by atoms with van der Waals surface area (Å²) >= 11 is 0. The summed E-state index contributed by atoms with van der Waals surface area (Å²) in [5, 5.41) is 2.49. The van der Waals surface area contributed by atoms with Crippen molar-refractivity contribution < 1.29 is 180 Å². The third kappa shape index (κ3) is 69.5. The van der Waals surface area contributed by atoms with Gasteiger partial charge >= 0.3 is 47.8 Å². The summed E-state index contributed by atoms with van der Waals surface area (Å²) in [6.07, 6.45) is 25.1. The maximum absolute atomic E-state index is 11.3. The van der Waals surface area contributed by atoms with Crippen molar-refractivity contribution in [1.82, 2.24) is 0 Å². The summed E-state index contributed by atoms with van der Waals surface area (Å²) in [5.41, 5.74) is 0. The number of benzene rings is 3. The first-order valence-corrected chi connectivity index (χ1v) is 57.9. The van der Waals surface area contributed by atoms with E-state index in [-0.39, 0.29) is 57.0 Å². The van der Waals surface area contributed by atoms with Gasteiger partial charge in [-0.3, -0.25) is 42.5 Å². The first-order valence-electron chi connectivity index (χ1n) is 45.4. The molecule has 136 heavy (non-hydrogen) atoms. The van der Waals surface area contributed by atoms with Gasteiger partial charge in [0.1, 0.15) is 117 Å². The summed E-state index contributed by atoms with van der Waals surface area (Å²) in [6.45, 7) is 36.6. The van der Waals surface area contributed by atoms with Crippen LogP contribution in [0.15, 0.2) is 97.8 Å². The van der Waals surface area contributed by atoms with E-state index in [1.165, 1.54) is 94.2 Å². The highest BCUT2D eigenvalue weighted by Crippen LogP contribution is 2.56. The molecule has 10 bridgehead atoms. The van der Waals surface area contributed by atoms with Gasteiger partial charge in [0.25, 0.3) is 10.1 Å². The van der Waals surface area contributed by atoms with Crippen LogP contribution in [0.3, 0.4) is 0 Å². The fourth-order valence-electron chi connectivity index (χ4n) is 15.9. The van der Waals surface area contributed by atoms with Gasteiger partial charge in [0, 0.05) is 11.8 Å². The molecule has 48 heteroatoms. The number of hydrogen-bond donors (Lipinski definition) is 0. The first-order chi connectivity index (χ1) is 63.5. The predicted molar refractivity (Wildman–Crippen MR) is 501 cm³/mol. The Kier molecular flexibility index (Phi) is 74.4. The molecule has 0 radical (unpaired) electrons. The Morgan fingerprint density at radius 1 is 0.324 bits per heavy atom. The highest BCUT2D eigenvalue weighted by Gasteiger charge is 2.59. The Balaban J connectivity index is -0.000000452. The summed E-state index contributed by atoms with van der Waals surface area (Å²) in [4.78, 5) is 82.8. The average molecular weight is 2100 g/mol. The quantitative estimate of drug-likeness (QED) is 0.0314. The van der Waals surface area contributed by atoms with Crippen LogP contribution in [-0.2, 0) is 161 Å². The van der Waals surface area contributed by atoms with Crippen LogP contribution in [0.4, 0.5) is 0 Å². The van der Waals surface area contributed by atoms with E-state index in [1.54, 1.807) is 70.6 Å². The lowest BCUT2D eigenvalue weighted by molar-refractivity contribution is -0.144. The third-order valence-corrected chi connectivity index (χ3v) is 25.6. The van der Waals surface area contributed by atoms with E-state index in [4.69, 9.17) is 8.92 Å². The molecular formula is C88H145O40S8-7. The second-order valence-corrected chi connectivity index (χ2v) is 41.2. The molecule has 8 atom stereocenters. The molecule has 2 heterocycles. The Labute approximate surface area is 807 Å². The van der Waals surface area contributed by atoms with E-state index in [2.05, 4.69) is 88.3 Å². The lowest BCUT2D eigenvalue weighted by Crippen LogP contribution is -2.38. The molecule has 10 saturated carbocycles. The third-order valence-electron chi connectivity index (χ3n) is 19.7. The highest BCUT2D eigenvalue weighted by atomic mass is 32.2. The van der Waals surface area contributed by atoms with Gasteiger partial charge in [-0.25, -0.2) is 58.9 Å².